The molecule has 5 aliphatic heterocycles. The molecule has 0 spiro atoms. The predicted octanol–water partition coefficient (Wildman–Crippen LogP) is 6.58. The van der Waals surface area contributed by atoms with Gasteiger partial charge in [0.1, 0.15) is 86.0 Å². The Morgan fingerprint density at radius 3 is 1.32 bits per heavy atom. The van der Waals surface area contributed by atoms with Crippen LogP contribution in [0.4, 0.5) is 91.0 Å². The summed E-state index contributed by atoms with van der Waals surface area (Å²) in [5, 5.41) is 73.2. The molecule has 14 aromatic heterocycles. The lowest BCUT2D eigenvalue weighted by Crippen LogP contribution is -2.36. The van der Waals surface area contributed by atoms with Gasteiger partial charge in [0.15, 0.2) is 51.3 Å². The first kappa shape index (κ1) is 94.6. The number of carbonyl (C=O) groups excluding carboxylic acids is 5. The smallest absolute Gasteiger partial charge is 0.290 e. The maximum Gasteiger partial charge on any atom is 0.290 e. The van der Waals surface area contributed by atoms with Crippen molar-refractivity contribution in [3.05, 3.63) is 211 Å². The monoisotopic (exact) mass is 1910 g/mol. The van der Waals surface area contributed by atoms with E-state index in [0.29, 0.717) is 189 Å². The van der Waals surface area contributed by atoms with Gasteiger partial charge in [0.2, 0.25) is 0 Å². The van der Waals surface area contributed by atoms with Gasteiger partial charge in [-0.1, -0.05) is 6.07 Å². The summed E-state index contributed by atoms with van der Waals surface area (Å²) in [5.41, 5.74) is 16.5. The van der Waals surface area contributed by atoms with Gasteiger partial charge in [-0.05, 0) is 100 Å². The van der Waals surface area contributed by atoms with E-state index in [2.05, 4.69) is 158 Å². The Morgan fingerprint density at radius 2 is 0.836 bits per heavy atom. The van der Waals surface area contributed by atoms with Crippen molar-refractivity contribution in [1.29, 1.82) is 0 Å². The van der Waals surface area contributed by atoms with E-state index in [4.69, 9.17) is 39.1 Å². The molecule has 2 aromatic carbocycles. The summed E-state index contributed by atoms with van der Waals surface area (Å²) in [6, 6.07) is 25.5. The summed E-state index contributed by atoms with van der Waals surface area (Å²) in [5.74, 6) is 3.67. The van der Waals surface area contributed by atoms with E-state index < -0.39 is 5.82 Å². The van der Waals surface area contributed by atoms with Gasteiger partial charge in [-0.2, -0.15) is 48.7 Å². The number of fused-ring (bicyclic) bond motifs is 17. The number of pyridine rings is 1. The summed E-state index contributed by atoms with van der Waals surface area (Å²) in [6.45, 7) is 12.4. The Kier molecular flexibility index (Phi) is 27.6. The molecule has 49 nitrogen and oxygen atoms in total. The van der Waals surface area contributed by atoms with Gasteiger partial charge < -0.3 is 113 Å². The van der Waals surface area contributed by atoms with E-state index in [1.54, 1.807) is 101 Å². The SMILES string of the molecule is CNc1cc2nc3c(cnn13)C(=O)N[C@H](C)COCc1cc(c(=O)n(C)n1)N2.CNc1cc2nc3c(cnn13)C(=O)N[C@H](C)COCc1cc(c3ccn(C)c3c1)N2.CNc1cc2nc3c(cnn13)C(=O)N[C@H](C)COCc1ccc(F)c(c1)N2.CNc1cc2nn3c(cnc13)C(=O)N[C@H](C)COCc1cc(c(=O)n(C)n1)N2.COc1ccc2nc1Nc1cc(N)n3ncc(c3n1)C(=O)N[C@H](C)COC2. The van der Waals surface area contributed by atoms with Crippen molar-refractivity contribution >= 4 is 155 Å². The minimum absolute atomic E-state index is 0.154. The molecule has 19 heterocycles. The highest BCUT2D eigenvalue weighted by Gasteiger charge is 2.29. The van der Waals surface area contributed by atoms with Crippen LogP contribution in [0.5, 0.6) is 5.75 Å². The number of halogens is 1. The van der Waals surface area contributed by atoms with Gasteiger partial charge in [-0.15, -0.1) is 5.10 Å². The van der Waals surface area contributed by atoms with E-state index in [9.17, 15) is 38.0 Å². The van der Waals surface area contributed by atoms with Crippen LogP contribution in [0.3, 0.4) is 0 Å². The third kappa shape index (κ3) is 20.5. The Hall–Kier alpha value is -17.1. The van der Waals surface area contributed by atoms with Crippen LogP contribution in [0, 0.1) is 5.82 Å². The highest BCUT2D eigenvalue weighted by Crippen LogP contribution is 2.34. The van der Waals surface area contributed by atoms with Crippen molar-refractivity contribution in [1.82, 2.24) is 129 Å². The highest BCUT2D eigenvalue weighted by molar-refractivity contribution is 6.03. The van der Waals surface area contributed by atoms with Crippen molar-refractivity contribution in [2.45, 2.75) is 97.9 Å². The second kappa shape index (κ2) is 40.8. The number of amides is 5. The molecule has 0 radical (unpaired) electrons. The zero-order valence-electron chi connectivity index (χ0n) is 78.2. The highest BCUT2D eigenvalue weighted by atomic mass is 19.1. The van der Waals surface area contributed by atoms with Crippen molar-refractivity contribution in [3.63, 3.8) is 0 Å². The topological polar surface area (TPSA) is 574 Å². The summed E-state index contributed by atoms with van der Waals surface area (Å²) >= 11 is 0. The number of nitrogens with two attached hydrogens (primary N) is 1. The standard InChI is InChI=1S/C21H23N7O2.C18H19FN6O2.2C17H20N8O3.C17H19N7O3/c1-12-10-30-11-13-6-16(14-4-5-27(3)17(14)7-13)25-18-8-19(22-2)28-20(26-18)15(9-23-28)21(29)24-12;1-10-8-27-9-11-3-4-13(19)14(5-11)23-15-6-16(20-2)25-17(24-15)12(7-21-25)18(26)22-10;1-9-7-28-8-10-4-12(17(27)24(3)23-10)21-13-5-14(18-2)25-15(22-13)11(6-19-25)16(26)20-9;1-9-7-28-8-10-4-12(17(27)24(3)22-10)21-14-5-11(18-2)15-19-6-13(16(26)20-9)25(15)23-14;1-9-7-27-8-10-3-4-12(26-2)15(21-10)22-14-5-13(18)24-16(23-14)11(6-19-24)17(25)20-9/h4-9,12,22H,10-11H2,1-3H3,(H,24,29)(H,25,26);3-7,10,20H,8-9H2,1-2H3,(H,22,26)(H,23,24);4-6,9,18H,7-8H2,1-3H3,(H,20,26)(H,21,22);4-6,9,18H,7-8H2,1-3H3,(H,20,26)(H,21,23);3-6,9H,7-8,18H2,1-2H3,(H,20,25)(H,21,22,23)/t12-;10-;3*9-/m11111/s1. The largest absolute Gasteiger partial charge is 0.493 e. The van der Waals surface area contributed by atoms with Crippen molar-refractivity contribution in [3.8, 4) is 5.75 Å². The first-order chi connectivity index (χ1) is 67.5. The van der Waals surface area contributed by atoms with Crippen LogP contribution in [-0.4, -0.2) is 230 Å². The Morgan fingerprint density at radius 1 is 0.407 bits per heavy atom. The predicted molar refractivity (Wildman–Crippen MR) is 516 cm³/mol. The Balaban J connectivity index is 0.000000121. The number of anilines is 15. The maximum atomic E-state index is 14.3. The van der Waals surface area contributed by atoms with E-state index in [1.165, 1.54) is 64.5 Å². The first-order valence-corrected chi connectivity index (χ1v) is 44.3. The van der Waals surface area contributed by atoms with Gasteiger partial charge in [0.05, 0.1) is 138 Å². The van der Waals surface area contributed by atoms with Gasteiger partial charge in [0.25, 0.3) is 40.7 Å². The number of rotatable bonds is 5. The van der Waals surface area contributed by atoms with Crippen LogP contribution in [0.15, 0.2) is 138 Å². The number of aromatic nitrogens is 21. The molecule has 0 fully saturated rings. The van der Waals surface area contributed by atoms with Crippen molar-refractivity contribution in [2.75, 3.05) is 122 Å². The number of imidazole rings is 1. The second-order valence-electron chi connectivity index (χ2n) is 33.3. The minimum Gasteiger partial charge on any atom is -0.493 e. The molecule has 16 aromatic rings. The fraction of sp³-hybridized carbons (Fsp3) is 0.311. The molecule has 50 heteroatoms. The average Bonchev–Trinajstić information content (AvgIpc) is 1.63. The molecule has 21 rings (SSSR count). The molecule has 5 amide bonds. The third-order valence-corrected chi connectivity index (χ3v) is 22.4. The number of ether oxygens (including phenoxy) is 6. The van der Waals surface area contributed by atoms with E-state index in [-0.39, 0.29) is 102 Å². The van der Waals surface area contributed by atoms with Gasteiger partial charge in [-0.3, -0.25) is 33.6 Å². The van der Waals surface area contributed by atoms with Crippen LogP contribution in [0.2, 0.25) is 0 Å². The normalized spacial score (nSPS) is 17.2. The number of nitrogen functional groups attached to an aromatic ring is 1. The number of hydrogen-bond donors (Lipinski definition) is 15. The van der Waals surface area contributed by atoms with Gasteiger partial charge in [0, 0.05) is 127 Å². The molecule has 0 saturated carbocycles. The third-order valence-electron chi connectivity index (χ3n) is 22.4. The fourth-order valence-electron chi connectivity index (χ4n) is 15.6. The number of hydrogen-bond acceptors (Lipinski definition) is 36. The number of carbonyl (C=O) groups is 5. The number of aryl methyl sites for hydroxylation is 3. The van der Waals surface area contributed by atoms with Crippen LogP contribution in [0.1, 0.15) is 115 Å². The van der Waals surface area contributed by atoms with E-state index in [1.807, 2.05) is 67.0 Å². The van der Waals surface area contributed by atoms with Gasteiger partial charge in [-0.25, -0.2) is 48.2 Å². The molecule has 20 bridgehead atoms. The lowest BCUT2D eigenvalue weighted by molar-refractivity contribution is 0.0801. The van der Waals surface area contributed by atoms with Crippen LogP contribution >= 0.6 is 0 Å². The molecule has 0 saturated heterocycles. The zero-order chi connectivity index (χ0) is 98.4. The number of nitrogens with one attached hydrogen (secondary N) is 14. The summed E-state index contributed by atoms with van der Waals surface area (Å²) < 4.78 is 60.3. The number of nitrogens with zero attached hydrogens (tertiary/aromatic N) is 21. The molecule has 0 unspecified atom stereocenters. The lowest BCUT2D eigenvalue weighted by Gasteiger charge is -2.17. The number of methoxy groups -OCH3 is 1. The van der Waals surface area contributed by atoms with Crippen molar-refractivity contribution < 1.29 is 56.8 Å². The molecule has 16 N–H and O–H groups in total. The van der Waals surface area contributed by atoms with E-state index >= 15 is 0 Å². The lowest BCUT2D eigenvalue weighted by atomic mass is 10.1. The summed E-state index contributed by atoms with van der Waals surface area (Å²) in [6.07, 6.45) is 9.40. The maximum absolute atomic E-state index is 14.3. The van der Waals surface area contributed by atoms with Crippen LogP contribution < -0.4 is 96.0 Å². The Labute approximate surface area is 794 Å². The molecule has 140 heavy (non-hydrogen) atoms. The first-order valence-electron chi connectivity index (χ1n) is 44.3. The molecular weight excluding hydrogens is 1810 g/mol. The van der Waals surface area contributed by atoms with Crippen LogP contribution in [0.25, 0.3) is 39.1 Å². The summed E-state index contributed by atoms with van der Waals surface area (Å²) in [4.78, 5) is 115. The number of benzene rings is 2. The Bertz CT molecular complexity index is 7410. The fourth-order valence-corrected chi connectivity index (χ4v) is 15.6. The van der Waals surface area contributed by atoms with E-state index in [0.717, 1.165) is 33.5 Å². The average molecular weight is 1910 g/mol. The second-order valence-corrected chi connectivity index (χ2v) is 33.3. The molecule has 0 aliphatic carbocycles. The summed E-state index contributed by atoms with van der Waals surface area (Å²) in [7, 11) is 13.8. The molecular formula is C90H101FN36O13. The zero-order valence-corrected chi connectivity index (χ0v) is 78.2. The molecule has 5 atom stereocenters. The minimum atomic E-state index is -0.404. The van der Waals surface area contributed by atoms with Crippen LogP contribution in [-0.2, 0) is 77.9 Å². The quantitative estimate of drug-likeness (QED) is 0.0865. The van der Waals surface area contributed by atoms with Crippen molar-refractivity contribution in [2.24, 2.45) is 21.1 Å². The van der Waals surface area contributed by atoms with Gasteiger partial charge >= 0.3 is 0 Å². The molecule has 5 aliphatic rings. The molecule has 726 valence electrons.